The summed E-state index contributed by atoms with van der Waals surface area (Å²) < 4.78 is 2.38. The Hall–Kier alpha value is -9.76. The highest BCUT2D eigenvalue weighted by molar-refractivity contribution is 6.10. The maximum atomic E-state index is 2.56. The van der Waals surface area contributed by atoms with Gasteiger partial charge >= 0.3 is 0 Å². The largest absolute Gasteiger partial charge is 0.310 e. The van der Waals surface area contributed by atoms with E-state index in [0.717, 1.165) is 22.7 Å². The van der Waals surface area contributed by atoms with Gasteiger partial charge in [-0.15, -0.1) is 0 Å². The number of para-hydroxylation sites is 2. The second-order valence-electron chi connectivity index (χ2n) is 20.7. The monoisotopic (exact) mass is 964 g/mol. The lowest BCUT2D eigenvalue weighted by Crippen LogP contribution is -2.58. The van der Waals surface area contributed by atoms with Gasteiger partial charge in [-0.2, -0.15) is 0 Å². The summed E-state index contributed by atoms with van der Waals surface area (Å²) >= 11 is 0. The predicted octanol–water partition coefficient (Wildman–Crippen LogP) is 18.9. The molecule has 0 N–H and O–H groups in total. The minimum atomic E-state index is -0.669. The van der Waals surface area contributed by atoms with Gasteiger partial charge in [-0.1, -0.05) is 224 Å². The van der Waals surface area contributed by atoms with Gasteiger partial charge in [0.2, 0.25) is 0 Å². The van der Waals surface area contributed by atoms with Crippen molar-refractivity contribution in [3.05, 3.63) is 325 Å². The first-order valence-corrected chi connectivity index (χ1v) is 26.5. The molecule has 16 rings (SSSR count). The Kier molecular flexibility index (Phi) is 9.20. The molecule has 0 saturated carbocycles. The Labute approximate surface area is 442 Å². The second-order valence-corrected chi connectivity index (χ2v) is 20.7. The summed E-state index contributed by atoms with van der Waals surface area (Å²) in [6.07, 6.45) is 0. The highest BCUT2D eigenvalue weighted by Gasteiger charge is 2.66. The highest BCUT2D eigenvalue weighted by Crippen LogP contribution is 2.73. The summed E-state index contributed by atoms with van der Waals surface area (Å²) in [5.41, 5.74) is 25.9. The Bertz CT molecular complexity index is 4360. The molecule has 2 heteroatoms. The number of fused-ring (bicyclic) bond motifs is 12. The standard InChI is InChI=1S/C74H48N2/c1-3-19-49(20-4-1)50-35-40-54(41-36-50)75(55-42-37-51(38-43-55)52-39-46-72-64(47-52)63-28-12-18-34-71(63)76(72)53-21-5-2-6-22-53)56-44-45-62-61-27-11-15-31-67(61)73-65-29-13-7-23-57(65)59-25-9-16-32-68(59)74(73,70(62)48-56)69-33-17-10-26-60(69)58-24-8-14-30-66(58)73/h1-48H. The maximum absolute atomic E-state index is 2.56. The zero-order valence-corrected chi connectivity index (χ0v) is 41.6. The quantitative estimate of drug-likeness (QED) is 0.161. The molecule has 2 nitrogen and oxygen atoms in total. The molecule has 13 aromatic rings. The van der Waals surface area contributed by atoms with Crippen LogP contribution in [-0.2, 0) is 10.8 Å². The normalized spacial score (nSPS) is 16.3. The molecule has 12 aromatic carbocycles. The number of hydrogen-bond donors (Lipinski definition) is 0. The minimum Gasteiger partial charge on any atom is -0.310 e. The number of anilines is 3. The van der Waals surface area contributed by atoms with Gasteiger partial charge in [-0.25, -0.2) is 0 Å². The van der Waals surface area contributed by atoms with Crippen molar-refractivity contribution >= 4 is 38.9 Å². The van der Waals surface area contributed by atoms with E-state index in [-0.39, 0.29) is 0 Å². The van der Waals surface area contributed by atoms with Crippen molar-refractivity contribution in [1.29, 1.82) is 0 Å². The van der Waals surface area contributed by atoms with Crippen LogP contribution in [0.15, 0.2) is 291 Å². The molecule has 0 radical (unpaired) electrons. The van der Waals surface area contributed by atoms with E-state index in [2.05, 4.69) is 301 Å². The maximum Gasteiger partial charge on any atom is 0.0648 e. The number of nitrogens with zero attached hydrogens (tertiary/aromatic N) is 2. The fraction of sp³-hybridized carbons (Fsp3) is 0.0270. The van der Waals surface area contributed by atoms with Crippen molar-refractivity contribution in [2.75, 3.05) is 4.90 Å². The number of rotatable bonds is 6. The molecule has 1 aromatic heterocycles. The van der Waals surface area contributed by atoms with E-state index >= 15 is 0 Å². The average molecular weight is 965 g/mol. The third-order valence-corrected chi connectivity index (χ3v) is 17.1. The molecule has 3 aliphatic rings. The van der Waals surface area contributed by atoms with Crippen molar-refractivity contribution in [2.45, 2.75) is 10.8 Å². The van der Waals surface area contributed by atoms with Crippen molar-refractivity contribution in [3.63, 3.8) is 0 Å². The Morgan fingerprint density at radius 1 is 0.237 bits per heavy atom. The fourth-order valence-corrected chi connectivity index (χ4v) is 14.2. The zero-order chi connectivity index (χ0) is 50.0. The third-order valence-electron chi connectivity index (χ3n) is 17.1. The van der Waals surface area contributed by atoms with Crippen LogP contribution in [0.25, 0.3) is 83.1 Å². The van der Waals surface area contributed by atoms with Crippen molar-refractivity contribution in [3.8, 4) is 61.3 Å². The third kappa shape index (κ3) is 5.76. The number of benzene rings is 12. The molecular formula is C74H48N2. The molecule has 0 aliphatic heterocycles. The number of aromatic nitrogens is 1. The van der Waals surface area contributed by atoms with Gasteiger partial charge in [-0.05, 0) is 156 Å². The first-order valence-electron chi connectivity index (χ1n) is 26.5. The van der Waals surface area contributed by atoms with Crippen LogP contribution in [0.5, 0.6) is 0 Å². The SMILES string of the molecule is c1ccc(-c2ccc(N(c3ccc(-c4ccc5c(c4)c4ccccc4n5-c4ccccc4)cc3)c3ccc4c(c3)C35c6ccccc6-c6ccccc6C3(c3ccccc3-c3ccccc35)c3ccccc3-4)cc2)cc1. The van der Waals surface area contributed by atoms with E-state index < -0.39 is 10.8 Å². The minimum absolute atomic E-state index is 0.622. The molecule has 0 saturated heterocycles. The lowest BCUT2D eigenvalue weighted by molar-refractivity contribution is 0.405. The molecule has 1 heterocycles. The van der Waals surface area contributed by atoms with Crippen LogP contribution in [-0.4, -0.2) is 4.57 Å². The van der Waals surface area contributed by atoms with Crippen LogP contribution >= 0.6 is 0 Å². The topological polar surface area (TPSA) is 8.17 Å². The summed E-state index contributed by atoms with van der Waals surface area (Å²) in [5.74, 6) is 0. The summed E-state index contributed by atoms with van der Waals surface area (Å²) in [5, 5.41) is 2.49. The molecule has 0 amide bonds. The molecule has 3 aliphatic carbocycles. The molecule has 0 spiro atoms. The first-order chi connectivity index (χ1) is 37.7. The van der Waals surface area contributed by atoms with Crippen molar-refractivity contribution in [1.82, 2.24) is 4.57 Å². The summed E-state index contributed by atoms with van der Waals surface area (Å²) in [6.45, 7) is 0. The van der Waals surface area contributed by atoms with Gasteiger partial charge < -0.3 is 9.47 Å². The van der Waals surface area contributed by atoms with Gasteiger partial charge in [0.1, 0.15) is 0 Å². The lowest BCUT2D eigenvalue weighted by atomic mass is 9.38. The lowest BCUT2D eigenvalue weighted by Gasteiger charge is -2.62. The number of hydrogen-bond acceptors (Lipinski definition) is 1. The van der Waals surface area contributed by atoms with Crippen LogP contribution in [0.4, 0.5) is 17.1 Å². The van der Waals surface area contributed by atoms with E-state index in [1.165, 1.54) is 111 Å². The van der Waals surface area contributed by atoms with E-state index in [1.54, 1.807) is 0 Å². The van der Waals surface area contributed by atoms with Gasteiger partial charge in [-0.3, -0.25) is 0 Å². The van der Waals surface area contributed by atoms with Gasteiger partial charge in [0, 0.05) is 33.5 Å². The van der Waals surface area contributed by atoms with Crippen LogP contribution in [0.2, 0.25) is 0 Å². The van der Waals surface area contributed by atoms with E-state index in [0.29, 0.717) is 0 Å². The molecule has 76 heavy (non-hydrogen) atoms. The summed E-state index contributed by atoms with van der Waals surface area (Å²) in [6, 6.07) is 109. The Morgan fingerprint density at radius 3 is 1.13 bits per heavy atom. The van der Waals surface area contributed by atoms with E-state index in [9.17, 15) is 0 Å². The van der Waals surface area contributed by atoms with Crippen molar-refractivity contribution in [2.24, 2.45) is 0 Å². The molecule has 0 bridgehead atoms. The highest BCUT2D eigenvalue weighted by atomic mass is 15.1. The van der Waals surface area contributed by atoms with Crippen molar-refractivity contribution < 1.29 is 0 Å². The second kappa shape index (κ2) is 16.4. The van der Waals surface area contributed by atoms with Crippen LogP contribution in [0.1, 0.15) is 33.4 Å². The molecule has 354 valence electrons. The molecule has 0 fully saturated rings. The van der Waals surface area contributed by atoms with Gasteiger partial charge in [0.05, 0.1) is 21.9 Å². The molecular weight excluding hydrogens is 917 g/mol. The average Bonchev–Trinajstić information content (AvgIpc) is 3.85. The van der Waals surface area contributed by atoms with Crippen LogP contribution in [0, 0.1) is 0 Å². The van der Waals surface area contributed by atoms with Crippen LogP contribution in [0.3, 0.4) is 0 Å². The fourth-order valence-electron chi connectivity index (χ4n) is 14.2. The van der Waals surface area contributed by atoms with Gasteiger partial charge in [0.25, 0.3) is 0 Å². The smallest absolute Gasteiger partial charge is 0.0648 e. The van der Waals surface area contributed by atoms with Crippen LogP contribution < -0.4 is 4.90 Å². The Morgan fingerprint density at radius 2 is 0.605 bits per heavy atom. The summed E-state index contributed by atoms with van der Waals surface area (Å²) in [7, 11) is 0. The zero-order valence-electron chi connectivity index (χ0n) is 41.6. The Balaban J connectivity index is 0.935. The predicted molar refractivity (Wildman–Crippen MR) is 315 cm³/mol. The first kappa shape index (κ1) is 42.7. The van der Waals surface area contributed by atoms with Gasteiger partial charge in [0.15, 0.2) is 0 Å². The molecule has 0 atom stereocenters. The van der Waals surface area contributed by atoms with E-state index in [1.807, 2.05) is 0 Å². The summed E-state index contributed by atoms with van der Waals surface area (Å²) in [4.78, 5) is 2.47. The molecule has 0 unspecified atom stereocenters. The van der Waals surface area contributed by atoms with E-state index in [4.69, 9.17) is 0 Å².